The third-order valence-electron chi connectivity index (χ3n) is 9.67. The van der Waals surface area contributed by atoms with Gasteiger partial charge in [-0.2, -0.15) is 0 Å². The molecule has 0 fully saturated rings. The number of carbonyl (C=O) groups is 2. The number of esters is 2. The van der Waals surface area contributed by atoms with Gasteiger partial charge in [-0.1, -0.05) is 172 Å². The normalized spacial score (nSPS) is 13.7. The highest BCUT2D eigenvalue weighted by molar-refractivity contribution is 7.47. The van der Waals surface area contributed by atoms with E-state index in [0.29, 0.717) is 12.8 Å². The van der Waals surface area contributed by atoms with Gasteiger partial charge in [0.2, 0.25) is 0 Å². The van der Waals surface area contributed by atoms with Crippen molar-refractivity contribution in [3.63, 3.8) is 0 Å². The standard InChI is InChI=1S/C47H86NO8P/c1-3-5-7-9-11-13-15-17-18-19-20-21-22-23-24-25-26-28-30-32-34-36-38-40-47(50)56-45(44-55-57(51,52)54-42-41-48)43-53-46(49)39-37-35-33-31-29-27-16-14-12-10-8-6-4-2/h8,10,14-17,19-20,45H,3-7,9,11-13,18,21-44,48H2,1-2H3,(H,51,52)/b10-8-,16-14-,17-15-,20-19-. The van der Waals surface area contributed by atoms with E-state index in [-0.39, 0.29) is 32.6 Å². The maximum absolute atomic E-state index is 12.6. The Balaban J connectivity index is 4.08. The largest absolute Gasteiger partial charge is 0.472 e. The molecule has 0 saturated heterocycles. The number of rotatable bonds is 43. The number of hydrogen-bond acceptors (Lipinski definition) is 8. The summed E-state index contributed by atoms with van der Waals surface area (Å²) in [5, 5.41) is 0. The SMILES string of the molecule is CCC/C=C\C/C=C\CCCCCCCC(=O)OCC(COP(=O)(O)OCCN)OC(=O)CCCCCCCCCCCCC/C=C\C/C=C\CCCCCCC. The van der Waals surface area contributed by atoms with Crippen molar-refractivity contribution in [1.29, 1.82) is 0 Å². The Morgan fingerprint density at radius 3 is 1.40 bits per heavy atom. The molecule has 0 heterocycles. The second-order valence-corrected chi connectivity index (χ2v) is 16.7. The number of nitrogens with two attached hydrogens (primary N) is 1. The van der Waals surface area contributed by atoms with Gasteiger partial charge in [-0.3, -0.25) is 18.6 Å². The highest BCUT2D eigenvalue weighted by atomic mass is 31.2. The van der Waals surface area contributed by atoms with Crippen molar-refractivity contribution in [2.24, 2.45) is 5.73 Å². The Kier molecular flexibility index (Phi) is 42.0. The van der Waals surface area contributed by atoms with Crippen molar-refractivity contribution in [1.82, 2.24) is 0 Å². The first kappa shape index (κ1) is 55.0. The van der Waals surface area contributed by atoms with E-state index in [1.54, 1.807) is 0 Å². The minimum absolute atomic E-state index is 0.0499. The van der Waals surface area contributed by atoms with E-state index in [2.05, 4.69) is 62.5 Å². The van der Waals surface area contributed by atoms with Gasteiger partial charge in [0.15, 0.2) is 6.10 Å². The lowest BCUT2D eigenvalue weighted by atomic mass is 10.0. The molecule has 0 amide bonds. The molecule has 0 aromatic rings. The summed E-state index contributed by atoms with van der Waals surface area (Å²) in [7, 11) is -4.38. The molecular formula is C47H86NO8P. The Hall–Kier alpha value is -2.03. The number of phosphoric acid groups is 1. The fourth-order valence-corrected chi connectivity index (χ4v) is 7.00. The number of phosphoric ester groups is 1. The summed E-state index contributed by atoms with van der Waals surface area (Å²) in [5.74, 6) is -0.846. The molecule has 0 aromatic carbocycles. The average Bonchev–Trinajstić information content (AvgIpc) is 3.20. The summed E-state index contributed by atoms with van der Waals surface area (Å²) < 4.78 is 32.8. The van der Waals surface area contributed by atoms with E-state index in [1.807, 2.05) is 0 Å². The highest BCUT2D eigenvalue weighted by Crippen LogP contribution is 2.43. The van der Waals surface area contributed by atoms with Crippen LogP contribution in [0, 0.1) is 0 Å². The van der Waals surface area contributed by atoms with Crippen LogP contribution in [0.4, 0.5) is 0 Å². The minimum Gasteiger partial charge on any atom is -0.462 e. The Morgan fingerprint density at radius 1 is 0.526 bits per heavy atom. The van der Waals surface area contributed by atoms with Gasteiger partial charge in [-0.05, 0) is 70.6 Å². The van der Waals surface area contributed by atoms with Crippen LogP contribution in [0.5, 0.6) is 0 Å². The molecule has 0 aliphatic rings. The van der Waals surface area contributed by atoms with Gasteiger partial charge in [0.25, 0.3) is 0 Å². The molecule has 2 unspecified atom stereocenters. The topological polar surface area (TPSA) is 134 Å². The average molecular weight is 824 g/mol. The zero-order valence-corrected chi connectivity index (χ0v) is 37.5. The van der Waals surface area contributed by atoms with Crippen molar-refractivity contribution >= 4 is 19.8 Å². The van der Waals surface area contributed by atoms with E-state index in [0.717, 1.165) is 70.6 Å². The molecule has 0 spiro atoms. The van der Waals surface area contributed by atoms with Crippen LogP contribution in [0.25, 0.3) is 0 Å². The Morgan fingerprint density at radius 2 is 0.947 bits per heavy atom. The fraction of sp³-hybridized carbons (Fsp3) is 0.787. The summed E-state index contributed by atoms with van der Waals surface area (Å²) >= 11 is 0. The summed E-state index contributed by atoms with van der Waals surface area (Å²) in [5.41, 5.74) is 5.35. The maximum Gasteiger partial charge on any atom is 0.472 e. The van der Waals surface area contributed by atoms with Gasteiger partial charge in [0.1, 0.15) is 6.61 Å². The molecule has 0 aliphatic heterocycles. The number of hydrogen-bond donors (Lipinski definition) is 2. The molecule has 0 saturated carbocycles. The van der Waals surface area contributed by atoms with Crippen LogP contribution in [-0.2, 0) is 32.7 Å². The van der Waals surface area contributed by atoms with Crippen LogP contribution in [0.15, 0.2) is 48.6 Å². The predicted octanol–water partition coefficient (Wildman–Crippen LogP) is 13.5. The van der Waals surface area contributed by atoms with Crippen molar-refractivity contribution in [2.45, 2.75) is 213 Å². The smallest absolute Gasteiger partial charge is 0.462 e. The maximum atomic E-state index is 12.6. The third kappa shape index (κ3) is 43.4. The van der Waals surface area contributed by atoms with Gasteiger partial charge >= 0.3 is 19.8 Å². The van der Waals surface area contributed by atoms with E-state index in [1.165, 1.54) is 96.3 Å². The quantitative estimate of drug-likeness (QED) is 0.0267. The number of ether oxygens (including phenoxy) is 2. The number of carbonyl (C=O) groups excluding carboxylic acids is 2. The van der Waals surface area contributed by atoms with Crippen molar-refractivity contribution in [2.75, 3.05) is 26.4 Å². The lowest BCUT2D eigenvalue weighted by molar-refractivity contribution is -0.161. The van der Waals surface area contributed by atoms with Crippen LogP contribution < -0.4 is 5.73 Å². The third-order valence-corrected chi connectivity index (χ3v) is 10.7. The molecule has 0 rings (SSSR count). The summed E-state index contributed by atoms with van der Waals surface area (Å²) in [6.45, 7) is 3.64. The molecule has 10 heteroatoms. The molecule has 0 aliphatic carbocycles. The van der Waals surface area contributed by atoms with Crippen LogP contribution in [-0.4, -0.2) is 49.3 Å². The molecule has 0 bridgehead atoms. The molecular weight excluding hydrogens is 737 g/mol. The monoisotopic (exact) mass is 824 g/mol. The van der Waals surface area contributed by atoms with Gasteiger partial charge in [0.05, 0.1) is 13.2 Å². The van der Waals surface area contributed by atoms with Crippen molar-refractivity contribution < 1.29 is 37.6 Å². The first-order valence-electron chi connectivity index (χ1n) is 23.1. The molecule has 3 N–H and O–H groups in total. The lowest BCUT2D eigenvalue weighted by Gasteiger charge is -2.19. The molecule has 0 aromatic heterocycles. The zero-order valence-electron chi connectivity index (χ0n) is 36.6. The predicted molar refractivity (Wildman–Crippen MR) is 238 cm³/mol. The van der Waals surface area contributed by atoms with Crippen LogP contribution in [0.3, 0.4) is 0 Å². The summed E-state index contributed by atoms with van der Waals surface area (Å²) in [4.78, 5) is 34.9. The van der Waals surface area contributed by atoms with E-state index in [4.69, 9.17) is 24.3 Å². The fourth-order valence-electron chi connectivity index (χ4n) is 6.23. The van der Waals surface area contributed by atoms with Crippen molar-refractivity contribution in [3.05, 3.63) is 48.6 Å². The van der Waals surface area contributed by atoms with Crippen LogP contribution in [0.1, 0.15) is 206 Å². The summed E-state index contributed by atoms with van der Waals surface area (Å²) in [6.07, 6.45) is 50.0. The Labute approximate surface area is 349 Å². The van der Waals surface area contributed by atoms with E-state index >= 15 is 0 Å². The van der Waals surface area contributed by atoms with Crippen molar-refractivity contribution in [3.8, 4) is 0 Å². The van der Waals surface area contributed by atoms with Crippen LogP contribution in [0.2, 0.25) is 0 Å². The molecule has 2 atom stereocenters. The minimum atomic E-state index is -4.38. The van der Waals surface area contributed by atoms with Gasteiger partial charge in [0, 0.05) is 19.4 Å². The first-order valence-corrected chi connectivity index (χ1v) is 24.6. The molecule has 57 heavy (non-hydrogen) atoms. The van der Waals surface area contributed by atoms with Gasteiger partial charge < -0.3 is 20.1 Å². The second-order valence-electron chi connectivity index (χ2n) is 15.3. The van der Waals surface area contributed by atoms with E-state index < -0.39 is 32.5 Å². The molecule has 332 valence electrons. The van der Waals surface area contributed by atoms with E-state index in [9.17, 15) is 19.0 Å². The first-order chi connectivity index (χ1) is 27.8. The summed E-state index contributed by atoms with van der Waals surface area (Å²) in [6, 6.07) is 0. The number of unbranched alkanes of at least 4 members (excludes halogenated alkanes) is 22. The van der Waals surface area contributed by atoms with Gasteiger partial charge in [-0.25, -0.2) is 4.57 Å². The lowest BCUT2D eigenvalue weighted by Crippen LogP contribution is -2.29. The second kappa shape index (κ2) is 43.5. The Bertz CT molecular complexity index is 1080. The number of allylic oxidation sites excluding steroid dienone is 8. The molecule has 9 nitrogen and oxygen atoms in total. The molecule has 0 radical (unpaired) electrons. The van der Waals surface area contributed by atoms with Gasteiger partial charge in [-0.15, -0.1) is 0 Å². The highest BCUT2D eigenvalue weighted by Gasteiger charge is 2.26. The zero-order chi connectivity index (χ0) is 41.8. The van der Waals surface area contributed by atoms with Crippen LogP contribution >= 0.6 is 7.82 Å².